The lowest BCUT2D eigenvalue weighted by Gasteiger charge is -2.23. The molecule has 1 aliphatic rings. The van der Waals surface area contributed by atoms with Crippen LogP contribution in [0.5, 0.6) is 0 Å². The zero-order chi connectivity index (χ0) is 27.7. The summed E-state index contributed by atoms with van der Waals surface area (Å²) in [6.07, 6.45) is 4.24. The van der Waals surface area contributed by atoms with E-state index in [9.17, 15) is 23.2 Å². The Bertz CT molecular complexity index is 1580. The highest BCUT2D eigenvalue weighted by molar-refractivity contribution is 6.30. The van der Waals surface area contributed by atoms with E-state index in [4.69, 9.17) is 17.3 Å². The quantitative estimate of drug-likeness (QED) is 0.355. The number of likely N-dealkylation sites (tertiary alicyclic amines) is 1. The maximum absolute atomic E-state index is 14.4. The Balaban J connectivity index is 1.36. The van der Waals surface area contributed by atoms with Gasteiger partial charge in [-0.25, -0.2) is 18.7 Å². The van der Waals surface area contributed by atoms with Crippen molar-refractivity contribution in [2.24, 2.45) is 5.73 Å². The molecule has 1 aliphatic heterocycles. The average Bonchev–Trinajstić information content (AvgIpc) is 3.50. The molecule has 0 saturated carbocycles. The van der Waals surface area contributed by atoms with Gasteiger partial charge < -0.3 is 16.0 Å². The minimum absolute atomic E-state index is 0.0825. The topological polar surface area (TPSA) is 149 Å². The molecule has 11 nitrogen and oxygen atoms in total. The maximum atomic E-state index is 14.4. The van der Waals surface area contributed by atoms with E-state index in [1.54, 1.807) is 18.5 Å². The molecule has 1 saturated heterocycles. The van der Waals surface area contributed by atoms with E-state index in [0.717, 1.165) is 4.90 Å². The molecule has 5 rings (SSSR count). The van der Waals surface area contributed by atoms with Crippen LogP contribution in [0.4, 0.5) is 8.78 Å². The molecule has 1 fully saturated rings. The zero-order valence-corrected chi connectivity index (χ0v) is 21.0. The summed E-state index contributed by atoms with van der Waals surface area (Å²) in [5.41, 5.74) is 6.99. The van der Waals surface area contributed by atoms with E-state index >= 15 is 0 Å². The molecule has 1 aromatic carbocycles. The fraction of sp³-hybridized carbons (Fsp3) is 0.240. The summed E-state index contributed by atoms with van der Waals surface area (Å²) in [5, 5.41) is 7.00. The SMILES string of the molecule is NC(=O)c1nn(CC(=O)N2CC(F)CC2C(=O)NCc2cccc(Cl)c2F)c2cnc(-c3cncnc3)cc12. The fourth-order valence-corrected chi connectivity index (χ4v) is 4.67. The summed E-state index contributed by atoms with van der Waals surface area (Å²) in [7, 11) is 0. The van der Waals surface area contributed by atoms with E-state index in [1.807, 2.05) is 0 Å². The third-order valence-corrected chi connectivity index (χ3v) is 6.66. The van der Waals surface area contributed by atoms with Crippen molar-refractivity contribution < 1.29 is 23.2 Å². The van der Waals surface area contributed by atoms with Gasteiger partial charge >= 0.3 is 0 Å². The number of nitrogens with zero attached hydrogens (tertiary/aromatic N) is 6. The second-order valence-corrected chi connectivity index (χ2v) is 9.32. The van der Waals surface area contributed by atoms with Gasteiger partial charge in [0.05, 0.1) is 29.0 Å². The lowest BCUT2D eigenvalue weighted by atomic mass is 10.1. The van der Waals surface area contributed by atoms with Crippen molar-refractivity contribution in [3.05, 3.63) is 71.3 Å². The highest BCUT2D eigenvalue weighted by Gasteiger charge is 2.40. The summed E-state index contributed by atoms with van der Waals surface area (Å²) in [5.74, 6) is -2.73. The van der Waals surface area contributed by atoms with E-state index in [-0.39, 0.29) is 35.8 Å². The van der Waals surface area contributed by atoms with Gasteiger partial charge in [-0.2, -0.15) is 5.10 Å². The number of fused-ring (bicyclic) bond motifs is 1. The number of nitrogens with one attached hydrogen (secondary N) is 1. The molecule has 14 heteroatoms. The van der Waals surface area contributed by atoms with Crippen molar-refractivity contribution in [2.75, 3.05) is 6.54 Å². The van der Waals surface area contributed by atoms with Crippen molar-refractivity contribution in [1.29, 1.82) is 0 Å². The van der Waals surface area contributed by atoms with Gasteiger partial charge in [0.25, 0.3) is 5.91 Å². The van der Waals surface area contributed by atoms with Crippen LogP contribution in [-0.2, 0) is 22.7 Å². The standard InChI is InChI=1S/C25H21ClF2N8O3/c26-17-3-1-2-13(22(17)28)8-33-25(39)19-4-15(27)10-35(19)21(37)11-36-20-9-32-18(14-6-30-12-31-7-14)5-16(20)23(34-36)24(29)38/h1-3,5-7,9,12,15,19H,4,8,10-11H2,(H2,29,38)(H,33,39). The Morgan fingerprint density at radius 1 is 1.18 bits per heavy atom. The van der Waals surface area contributed by atoms with Crippen LogP contribution in [0.2, 0.25) is 5.02 Å². The monoisotopic (exact) mass is 554 g/mol. The largest absolute Gasteiger partial charge is 0.364 e. The van der Waals surface area contributed by atoms with Gasteiger partial charge in [0, 0.05) is 41.9 Å². The molecule has 4 aromatic rings. The van der Waals surface area contributed by atoms with Gasteiger partial charge in [-0.05, 0) is 12.1 Å². The third-order valence-electron chi connectivity index (χ3n) is 6.37. The Hall–Kier alpha value is -4.52. The number of benzene rings is 1. The minimum atomic E-state index is -1.43. The third kappa shape index (κ3) is 5.25. The molecule has 4 heterocycles. The van der Waals surface area contributed by atoms with Crippen molar-refractivity contribution in [1.82, 2.24) is 34.9 Å². The number of alkyl halides is 1. The van der Waals surface area contributed by atoms with Gasteiger partial charge in [0.15, 0.2) is 5.69 Å². The van der Waals surface area contributed by atoms with Crippen LogP contribution in [0.25, 0.3) is 22.2 Å². The molecule has 0 bridgehead atoms. The summed E-state index contributed by atoms with van der Waals surface area (Å²) in [6, 6.07) is 4.84. The first kappa shape index (κ1) is 26.1. The van der Waals surface area contributed by atoms with Crippen LogP contribution >= 0.6 is 11.6 Å². The van der Waals surface area contributed by atoms with E-state index < -0.39 is 42.3 Å². The molecule has 3 amide bonds. The second-order valence-electron chi connectivity index (χ2n) is 8.91. The average molecular weight is 555 g/mol. The highest BCUT2D eigenvalue weighted by atomic mass is 35.5. The lowest BCUT2D eigenvalue weighted by Crippen LogP contribution is -2.46. The van der Waals surface area contributed by atoms with Crippen LogP contribution in [0, 0.1) is 5.82 Å². The van der Waals surface area contributed by atoms with Crippen LogP contribution < -0.4 is 11.1 Å². The number of carbonyl (C=O) groups is 3. The molecule has 2 unspecified atom stereocenters. The van der Waals surface area contributed by atoms with E-state index in [1.165, 1.54) is 35.4 Å². The number of halogens is 3. The first-order chi connectivity index (χ1) is 18.7. The van der Waals surface area contributed by atoms with Crippen molar-refractivity contribution in [2.45, 2.75) is 31.7 Å². The molecule has 0 radical (unpaired) electrons. The molecule has 3 aromatic heterocycles. The number of pyridine rings is 1. The number of hydrogen-bond acceptors (Lipinski definition) is 7. The second kappa shape index (κ2) is 10.7. The number of hydrogen-bond donors (Lipinski definition) is 2. The smallest absolute Gasteiger partial charge is 0.269 e. The fourth-order valence-electron chi connectivity index (χ4n) is 4.48. The number of nitrogens with two attached hydrogens (primary N) is 1. The van der Waals surface area contributed by atoms with Crippen molar-refractivity contribution in [3.63, 3.8) is 0 Å². The summed E-state index contributed by atoms with van der Waals surface area (Å²) < 4.78 is 29.8. The van der Waals surface area contributed by atoms with Gasteiger partial charge in [-0.15, -0.1) is 0 Å². The predicted molar refractivity (Wildman–Crippen MR) is 135 cm³/mol. The molecule has 39 heavy (non-hydrogen) atoms. The van der Waals surface area contributed by atoms with Crippen LogP contribution in [0.1, 0.15) is 22.5 Å². The predicted octanol–water partition coefficient (Wildman–Crippen LogP) is 2.04. The summed E-state index contributed by atoms with van der Waals surface area (Å²) in [6.45, 7) is -0.896. The van der Waals surface area contributed by atoms with E-state index in [2.05, 4.69) is 25.4 Å². The molecule has 0 spiro atoms. The van der Waals surface area contributed by atoms with Crippen LogP contribution in [-0.4, -0.2) is 66.1 Å². The molecule has 2 atom stereocenters. The van der Waals surface area contributed by atoms with Gasteiger partial charge in [-0.1, -0.05) is 23.7 Å². The van der Waals surface area contributed by atoms with Crippen molar-refractivity contribution in [3.8, 4) is 11.3 Å². The molecule has 0 aliphatic carbocycles. The van der Waals surface area contributed by atoms with E-state index in [0.29, 0.717) is 22.2 Å². The van der Waals surface area contributed by atoms with Crippen LogP contribution in [0.15, 0.2) is 49.2 Å². The Morgan fingerprint density at radius 2 is 1.95 bits per heavy atom. The van der Waals surface area contributed by atoms with Crippen LogP contribution in [0.3, 0.4) is 0 Å². The Kier molecular flexibility index (Phi) is 7.15. The first-order valence-electron chi connectivity index (χ1n) is 11.8. The highest BCUT2D eigenvalue weighted by Crippen LogP contribution is 2.26. The first-order valence-corrected chi connectivity index (χ1v) is 12.2. The number of aromatic nitrogens is 5. The number of amides is 3. The van der Waals surface area contributed by atoms with Gasteiger partial charge in [-0.3, -0.25) is 24.0 Å². The minimum Gasteiger partial charge on any atom is -0.364 e. The molecular formula is C25H21ClF2N8O3. The Morgan fingerprint density at radius 3 is 2.69 bits per heavy atom. The number of primary amides is 1. The van der Waals surface area contributed by atoms with Gasteiger partial charge in [0.2, 0.25) is 11.8 Å². The number of carbonyl (C=O) groups excluding carboxylic acids is 3. The normalized spacial score (nSPS) is 16.9. The molecule has 3 N–H and O–H groups in total. The maximum Gasteiger partial charge on any atom is 0.269 e. The van der Waals surface area contributed by atoms with Gasteiger partial charge in [0.1, 0.15) is 30.9 Å². The summed E-state index contributed by atoms with van der Waals surface area (Å²) in [4.78, 5) is 51.6. The molecular weight excluding hydrogens is 534 g/mol. The lowest BCUT2D eigenvalue weighted by molar-refractivity contribution is -0.139. The number of rotatable bonds is 7. The van der Waals surface area contributed by atoms with Crippen molar-refractivity contribution >= 4 is 40.2 Å². The summed E-state index contributed by atoms with van der Waals surface area (Å²) >= 11 is 5.78. The zero-order valence-electron chi connectivity index (χ0n) is 20.2. The molecule has 200 valence electrons. The Labute approximate surface area is 225 Å².